The molecule has 4 atom stereocenters. The van der Waals surface area contributed by atoms with Crippen molar-refractivity contribution in [1.82, 2.24) is 10.2 Å². The smallest absolute Gasteiger partial charge is 0.247 e. The molecule has 4 N–H and O–H groups in total. The molecule has 1 aliphatic heterocycles. The molecule has 1 saturated carbocycles. The van der Waals surface area contributed by atoms with Crippen molar-refractivity contribution in [2.24, 2.45) is 5.92 Å². The number of fused-ring (bicyclic) bond motifs is 3. The van der Waals surface area contributed by atoms with Crippen molar-refractivity contribution in [3.8, 4) is 11.5 Å². The Balaban J connectivity index is 1.81. The van der Waals surface area contributed by atoms with Crippen molar-refractivity contribution >= 4 is 11.8 Å². The van der Waals surface area contributed by atoms with E-state index in [0.717, 1.165) is 38.5 Å². The van der Waals surface area contributed by atoms with Crippen LogP contribution in [-0.2, 0) is 16.2 Å². The first kappa shape index (κ1) is 28.4. The Hall–Kier alpha value is -2.62. The van der Waals surface area contributed by atoms with E-state index in [1.54, 1.807) is 18.2 Å². The molecule has 1 aromatic carbocycles. The standard InChI is InChI=1S/C29H42N2O7/c1-17(2)12-24(34)31(19-8-6-4-5-7-9-19)22-15-21(29(36)30-10-11-32)25-20-13-18(16-33)14-23(37-3)27(20)38-28(25)26(22)35/h13-15,17,19,22,25-26,28,32-33,35H,4-12,16H2,1-3H3,(H,30,36). The number of hydrogen-bond donors (Lipinski definition) is 4. The number of benzene rings is 1. The molecular formula is C29H42N2O7. The highest BCUT2D eigenvalue weighted by Crippen LogP contribution is 2.51. The van der Waals surface area contributed by atoms with Crippen LogP contribution in [0, 0.1) is 5.92 Å². The molecule has 4 rings (SSSR count). The summed E-state index contributed by atoms with van der Waals surface area (Å²) in [5.74, 6) is -0.0457. The number of carbonyl (C=O) groups is 2. The van der Waals surface area contributed by atoms with Gasteiger partial charge in [-0.1, -0.05) is 39.5 Å². The van der Waals surface area contributed by atoms with Gasteiger partial charge in [0.1, 0.15) is 12.2 Å². The first-order valence-corrected chi connectivity index (χ1v) is 13.9. The third kappa shape index (κ3) is 5.70. The normalized spacial score (nSPS) is 25.1. The molecule has 3 aliphatic rings. The summed E-state index contributed by atoms with van der Waals surface area (Å²) >= 11 is 0. The minimum absolute atomic E-state index is 0.0303. The second-order valence-corrected chi connectivity index (χ2v) is 11.1. The number of methoxy groups -OCH3 is 1. The number of nitrogens with zero attached hydrogens (tertiary/aromatic N) is 1. The number of aliphatic hydroxyl groups is 3. The van der Waals surface area contributed by atoms with Crippen LogP contribution in [0.15, 0.2) is 23.8 Å². The summed E-state index contributed by atoms with van der Waals surface area (Å²) < 4.78 is 11.8. The largest absolute Gasteiger partial charge is 0.493 e. The summed E-state index contributed by atoms with van der Waals surface area (Å²) in [6, 6.07) is 2.69. The fourth-order valence-corrected chi connectivity index (χ4v) is 6.19. The molecule has 210 valence electrons. The fraction of sp³-hybridized carbons (Fsp3) is 0.655. The van der Waals surface area contributed by atoms with Gasteiger partial charge in [0.05, 0.1) is 32.3 Å². The van der Waals surface area contributed by atoms with Crippen LogP contribution in [0.4, 0.5) is 0 Å². The van der Waals surface area contributed by atoms with Gasteiger partial charge in [-0.15, -0.1) is 0 Å². The predicted molar refractivity (Wildman–Crippen MR) is 142 cm³/mol. The molecule has 9 nitrogen and oxygen atoms in total. The maximum Gasteiger partial charge on any atom is 0.247 e. The zero-order chi connectivity index (χ0) is 27.4. The van der Waals surface area contributed by atoms with Crippen molar-refractivity contribution in [3.63, 3.8) is 0 Å². The lowest BCUT2D eigenvalue weighted by molar-refractivity contribution is -0.141. The number of nitrogens with one attached hydrogen (secondary N) is 1. The molecule has 1 aromatic rings. The van der Waals surface area contributed by atoms with Gasteiger partial charge in [-0.25, -0.2) is 0 Å². The molecule has 9 heteroatoms. The molecule has 0 bridgehead atoms. The SMILES string of the molecule is COc1cc(CO)cc2c1OC1C2C(C(=O)NCCO)=CC(N(C(=O)CC(C)C)C2CCCCCC2)C1O. The first-order chi connectivity index (χ1) is 18.3. The van der Waals surface area contributed by atoms with Gasteiger partial charge in [0, 0.05) is 30.1 Å². The minimum Gasteiger partial charge on any atom is -0.493 e. The highest BCUT2D eigenvalue weighted by Gasteiger charge is 2.52. The quantitative estimate of drug-likeness (QED) is 0.361. The minimum atomic E-state index is -1.08. The van der Waals surface area contributed by atoms with E-state index in [1.165, 1.54) is 7.11 Å². The van der Waals surface area contributed by atoms with Crippen LogP contribution in [0.25, 0.3) is 0 Å². The van der Waals surface area contributed by atoms with Gasteiger partial charge in [0.2, 0.25) is 11.8 Å². The maximum atomic E-state index is 13.7. The molecule has 1 heterocycles. The topological polar surface area (TPSA) is 129 Å². The molecule has 0 spiro atoms. The number of rotatable bonds is 9. The first-order valence-electron chi connectivity index (χ1n) is 13.9. The van der Waals surface area contributed by atoms with Gasteiger partial charge >= 0.3 is 0 Å². The Morgan fingerprint density at radius 1 is 1.16 bits per heavy atom. The third-order valence-electron chi connectivity index (χ3n) is 7.90. The van der Waals surface area contributed by atoms with Crippen LogP contribution < -0.4 is 14.8 Å². The summed E-state index contributed by atoms with van der Waals surface area (Å²) in [5, 5.41) is 33.7. The third-order valence-corrected chi connectivity index (χ3v) is 7.90. The highest BCUT2D eigenvalue weighted by atomic mass is 16.5. The fourth-order valence-electron chi connectivity index (χ4n) is 6.19. The average molecular weight is 531 g/mol. The Morgan fingerprint density at radius 2 is 1.87 bits per heavy atom. The summed E-state index contributed by atoms with van der Waals surface area (Å²) in [5.41, 5.74) is 1.63. The Kier molecular flexibility index (Phi) is 9.33. The molecule has 2 amide bonds. The molecule has 0 saturated heterocycles. The van der Waals surface area contributed by atoms with Crippen LogP contribution in [-0.4, -0.2) is 76.6 Å². The van der Waals surface area contributed by atoms with E-state index >= 15 is 0 Å². The summed E-state index contributed by atoms with van der Waals surface area (Å²) in [7, 11) is 1.50. The van der Waals surface area contributed by atoms with E-state index in [1.807, 2.05) is 18.7 Å². The molecule has 4 unspecified atom stereocenters. The van der Waals surface area contributed by atoms with Crippen molar-refractivity contribution in [2.45, 2.75) is 95.6 Å². The monoisotopic (exact) mass is 530 g/mol. The van der Waals surface area contributed by atoms with Gasteiger partial charge in [-0.2, -0.15) is 0 Å². The summed E-state index contributed by atoms with van der Waals surface area (Å²) in [4.78, 5) is 29.0. The molecule has 38 heavy (non-hydrogen) atoms. The zero-order valence-electron chi connectivity index (χ0n) is 22.7. The number of amides is 2. The Morgan fingerprint density at radius 3 is 2.47 bits per heavy atom. The van der Waals surface area contributed by atoms with Crippen LogP contribution >= 0.6 is 0 Å². The Bertz CT molecular complexity index is 1030. The van der Waals surface area contributed by atoms with Gasteiger partial charge in [0.25, 0.3) is 0 Å². The van der Waals surface area contributed by atoms with Gasteiger partial charge in [-0.05, 0) is 42.5 Å². The number of hydrogen-bond acceptors (Lipinski definition) is 7. The van der Waals surface area contributed by atoms with Crippen molar-refractivity contribution in [1.29, 1.82) is 0 Å². The lowest BCUT2D eigenvalue weighted by Crippen LogP contribution is -2.58. The second-order valence-electron chi connectivity index (χ2n) is 11.1. The van der Waals surface area contributed by atoms with E-state index in [2.05, 4.69) is 5.32 Å². The summed E-state index contributed by atoms with van der Waals surface area (Å²) in [6.45, 7) is 3.65. The van der Waals surface area contributed by atoms with Crippen LogP contribution in [0.3, 0.4) is 0 Å². The number of carbonyl (C=O) groups excluding carboxylic acids is 2. The van der Waals surface area contributed by atoms with E-state index in [-0.39, 0.29) is 43.5 Å². The zero-order valence-corrected chi connectivity index (χ0v) is 22.7. The van der Waals surface area contributed by atoms with Crippen molar-refractivity contribution in [3.05, 3.63) is 34.9 Å². The van der Waals surface area contributed by atoms with Gasteiger partial charge in [-0.3, -0.25) is 9.59 Å². The number of aliphatic hydroxyl groups excluding tert-OH is 3. The molecule has 0 radical (unpaired) electrons. The van der Waals surface area contributed by atoms with Crippen LogP contribution in [0.2, 0.25) is 0 Å². The molecule has 2 aliphatic carbocycles. The van der Waals surface area contributed by atoms with E-state index in [9.17, 15) is 24.9 Å². The van der Waals surface area contributed by atoms with Gasteiger partial charge in [0.15, 0.2) is 11.5 Å². The Labute approximate surface area is 224 Å². The lowest BCUT2D eigenvalue weighted by Gasteiger charge is -2.44. The van der Waals surface area contributed by atoms with Gasteiger partial charge < -0.3 is 35.0 Å². The second kappa shape index (κ2) is 12.5. The van der Waals surface area contributed by atoms with Crippen molar-refractivity contribution in [2.75, 3.05) is 20.3 Å². The predicted octanol–water partition coefficient (Wildman–Crippen LogP) is 2.41. The highest BCUT2D eigenvalue weighted by molar-refractivity contribution is 5.96. The summed E-state index contributed by atoms with van der Waals surface area (Å²) in [6.07, 6.45) is 6.17. The van der Waals surface area contributed by atoms with E-state index in [0.29, 0.717) is 34.6 Å². The maximum absolute atomic E-state index is 13.7. The van der Waals surface area contributed by atoms with E-state index in [4.69, 9.17) is 9.47 Å². The van der Waals surface area contributed by atoms with E-state index < -0.39 is 24.2 Å². The lowest BCUT2D eigenvalue weighted by atomic mass is 9.76. The molecular weight excluding hydrogens is 488 g/mol. The van der Waals surface area contributed by atoms with Crippen LogP contribution in [0.5, 0.6) is 11.5 Å². The number of ether oxygens (including phenoxy) is 2. The van der Waals surface area contributed by atoms with Crippen molar-refractivity contribution < 1.29 is 34.4 Å². The molecule has 0 aromatic heterocycles. The molecule has 1 fully saturated rings. The average Bonchev–Trinajstić information content (AvgIpc) is 3.08. The van der Waals surface area contributed by atoms with Crippen LogP contribution in [0.1, 0.15) is 75.8 Å².